The zero-order valence-corrected chi connectivity index (χ0v) is 56.4. The van der Waals surface area contributed by atoms with Crippen LogP contribution in [-0.4, -0.2) is 334 Å². The summed E-state index contributed by atoms with van der Waals surface area (Å²) in [4.78, 5) is 26.1. The molecule has 26 atom stereocenters. The third-order valence-corrected chi connectivity index (χ3v) is 18.0. The number of carbonyl (C=O) groups excluding carboxylic acids is 2. The first-order chi connectivity index (χ1) is 50.5. The van der Waals surface area contributed by atoms with Crippen molar-refractivity contribution in [1.82, 2.24) is 0 Å². The van der Waals surface area contributed by atoms with E-state index in [4.69, 9.17) is 80.5 Å². The van der Waals surface area contributed by atoms with E-state index < -0.39 is 228 Å². The fourth-order valence-electron chi connectivity index (χ4n) is 12.0. The molecule has 0 saturated carbocycles. The normalized spacial score (nSPS) is 34.6. The van der Waals surface area contributed by atoms with Crippen molar-refractivity contribution >= 4 is 30.2 Å². The lowest BCUT2D eigenvalue weighted by Gasteiger charge is -2.46. The van der Waals surface area contributed by atoms with Gasteiger partial charge in [0.2, 0.25) is 30.4 Å². The smallest absolute Gasteiger partial charge is 0.330 e. The summed E-state index contributed by atoms with van der Waals surface area (Å²) in [5, 5.41) is 218. The monoisotopic (exact) mass is 1510 g/mol. The van der Waals surface area contributed by atoms with Crippen LogP contribution in [0.1, 0.15) is 28.4 Å². The topological polar surface area (TPSA) is 599 Å². The van der Waals surface area contributed by atoms with E-state index >= 15 is 0 Å². The molecule has 0 aliphatic carbocycles. The first-order valence-corrected chi connectivity index (χ1v) is 32.5. The number of aliphatic hydroxyl groups is 17. The second kappa shape index (κ2) is 34.7. The molecule has 6 aliphatic rings. The summed E-state index contributed by atoms with van der Waals surface area (Å²) in [6.07, 6.45) is -44.4. The van der Waals surface area contributed by atoms with Crippen molar-refractivity contribution in [3.05, 3.63) is 94.8 Å². The number of phenolic OH excluding ortho intramolecular Hbond substituents is 4. The number of benzene rings is 4. The van der Waals surface area contributed by atoms with Crippen LogP contribution in [0.5, 0.6) is 63.2 Å². The van der Waals surface area contributed by atoms with Gasteiger partial charge in [-0.1, -0.05) is 0 Å². The molecule has 6 heterocycles. The molecule has 0 amide bonds. The fourth-order valence-corrected chi connectivity index (χ4v) is 12.0. The number of aliphatic hydroxyl groups excluding tert-OH is 16. The third kappa shape index (κ3) is 17.5. The van der Waals surface area contributed by atoms with Gasteiger partial charge in [0, 0.05) is 24.3 Å². The zero-order valence-electron chi connectivity index (χ0n) is 56.4. The van der Waals surface area contributed by atoms with Crippen LogP contribution in [0.4, 0.5) is 0 Å². The number of ether oxygens (including phenoxy) is 17. The highest BCUT2D eigenvalue weighted by Crippen LogP contribution is 2.48. The summed E-state index contributed by atoms with van der Waals surface area (Å²) >= 11 is 0. The lowest BCUT2D eigenvalue weighted by Crippen LogP contribution is -2.65. The van der Waals surface area contributed by atoms with Gasteiger partial charge in [0.05, 0.1) is 59.9 Å². The molecule has 4 aromatic rings. The lowest BCUT2D eigenvalue weighted by molar-refractivity contribution is -0.365. The molecule has 5 fully saturated rings. The van der Waals surface area contributed by atoms with Gasteiger partial charge in [-0.25, -0.2) is 9.59 Å². The summed E-state index contributed by atoms with van der Waals surface area (Å²) < 4.78 is 94.4. The molecule has 0 bridgehead atoms. The van der Waals surface area contributed by atoms with E-state index in [1.165, 1.54) is 77.0 Å². The molecule has 4 aromatic carbocycles. The van der Waals surface area contributed by atoms with E-state index in [2.05, 4.69) is 0 Å². The van der Waals surface area contributed by atoms with Crippen molar-refractivity contribution in [2.24, 2.45) is 0 Å². The Hall–Kier alpha value is -8.28. The van der Waals surface area contributed by atoms with Crippen LogP contribution in [0.2, 0.25) is 0 Å². The Balaban J connectivity index is 0.902. The highest BCUT2D eigenvalue weighted by Gasteiger charge is 2.54. The first-order valence-electron chi connectivity index (χ1n) is 32.5. The second-order valence-electron chi connectivity index (χ2n) is 24.9. The van der Waals surface area contributed by atoms with Crippen molar-refractivity contribution in [2.45, 2.75) is 160 Å². The SMILES string of the molecule is COc1cc(C=CC(=O)OCC2OC(Oc3cc(O)c4c(c3)[OH+]C(c3ccc(O)c(OC5OC(CO)C(O)C(O)C5O)c3)C(OC3OC(COC5OC(COC(=O)C=Cc6cc(OC)c(O)c(OC)c6)C(O)C(OC6OC(CO)C(O)C(O)C6O)C5O)C(O)C(O)C3O)=C4)C(O)C(O)C2O)cc(OC)c1O. The number of carbonyl (C=O) groups is 2. The summed E-state index contributed by atoms with van der Waals surface area (Å²) in [6.45, 7) is -4.33. The van der Waals surface area contributed by atoms with Gasteiger partial charge in [-0.15, -0.1) is 0 Å². The van der Waals surface area contributed by atoms with Crippen LogP contribution in [-0.2, 0) is 57.0 Å². The van der Waals surface area contributed by atoms with E-state index in [1.807, 2.05) is 0 Å². The van der Waals surface area contributed by atoms with Crippen molar-refractivity contribution in [2.75, 3.05) is 61.5 Å². The molecule has 39 nitrogen and oxygen atoms in total. The van der Waals surface area contributed by atoms with Crippen LogP contribution < -0.4 is 28.4 Å². The summed E-state index contributed by atoms with van der Waals surface area (Å²) in [7, 11) is 5.14. The molecule has 106 heavy (non-hydrogen) atoms. The van der Waals surface area contributed by atoms with Crippen molar-refractivity contribution in [1.29, 1.82) is 0 Å². The molecule has 0 spiro atoms. The molecule has 5 saturated heterocycles. The number of phenols is 4. The van der Waals surface area contributed by atoms with E-state index in [-0.39, 0.29) is 62.7 Å². The quantitative estimate of drug-likeness (QED) is 0.0158. The average Bonchev–Trinajstić information content (AvgIpc) is 0.760. The maximum atomic E-state index is 13.2. The number of methoxy groups -OCH3 is 4. The minimum atomic E-state index is -2.20. The Labute approximate surface area is 599 Å². The molecule has 39 heteroatoms. The van der Waals surface area contributed by atoms with E-state index in [1.54, 1.807) is 0 Å². The minimum absolute atomic E-state index is 0.0147. The zero-order chi connectivity index (χ0) is 76.9. The Bertz CT molecular complexity index is 3710. The molecule has 10 rings (SSSR count). The van der Waals surface area contributed by atoms with Crippen LogP contribution in [0.15, 0.2) is 72.5 Å². The van der Waals surface area contributed by atoms with Gasteiger partial charge in [-0.3, -0.25) is 0 Å². The predicted octanol–water partition coefficient (Wildman–Crippen LogP) is -5.77. The molecule has 584 valence electrons. The molecular formula is C67H83O39+. The van der Waals surface area contributed by atoms with E-state index in [9.17, 15) is 112 Å². The average molecular weight is 1510 g/mol. The highest BCUT2D eigenvalue weighted by molar-refractivity contribution is 5.88. The molecule has 6 aliphatic heterocycles. The number of esters is 2. The molecular weight excluding hydrogens is 1430 g/mol. The third-order valence-electron chi connectivity index (χ3n) is 18.0. The Morgan fingerprint density at radius 3 is 1.35 bits per heavy atom. The largest absolute Gasteiger partial charge is 0.571 e. The van der Waals surface area contributed by atoms with Crippen LogP contribution in [0.3, 0.4) is 0 Å². The maximum Gasteiger partial charge on any atom is 0.330 e. The maximum absolute atomic E-state index is 13.2. The van der Waals surface area contributed by atoms with E-state index in [0.29, 0.717) is 5.56 Å². The minimum Gasteiger partial charge on any atom is -0.571 e. The lowest BCUT2D eigenvalue weighted by atomic mass is 9.96. The predicted molar refractivity (Wildman–Crippen MR) is 346 cm³/mol. The van der Waals surface area contributed by atoms with Gasteiger partial charge < -0.3 is 183 Å². The molecule has 0 radical (unpaired) electrons. The van der Waals surface area contributed by atoms with Crippen LogP contribution in [0.25, 0.3) is 18.2 Å². The van der Waals surface area contributed by atoms with Gasteiger partial charge in [0.1, 0.15) is 152 Å². The van der Waals surface area contributed by atoms with Crippen molar-refractivity contribution in [3.8, 4) is 63.2 Å². The Kier molecular flexibility index (Phi) is 26.3. The van der Waals surface area contributed by atoms with Gasteiger partial charge in [-0.05, 0) is 65.7 Å². The van der Waals surface area contributed by atoms with Crippen LogP contribution in [0, 0.1) is 0 Å². The van der Waals surface area contributed by atoms with Crippen molar-refractivity contribution < 1.29 is 192 Å². The Morgan fingerprint density at radius 1 is 0.434 bits per heavy atom. The van der Waals surface area contributed by atoms with Crippen LogP contribution >= 0.6 is 0 Å². The molecule has 26 unspecified atom stereocenters. The first kappa shape index (κ1) is 80.3. The Morgan fingerprint density at radius 2 is 0.858 bits per heavy atom. The van der Waals surface area contributed by atoms with E-state index in [0.717, 1.165) is 36.4 Å². The van der Waals surface area contributed by atoms with Crippen molar-refractivity contribution in [3.63, 3.8) is 0 Å². The number of hydrogen-bond acceptors (Lipinski definition) is 38. The van der Waals surface area contributed by atoms with Gasteiger partial charge >= 0.3 is 11.9 Å². The number of hydrogen-bond donors (Lipinski definition) is 20. The summed E-state index contributed by atoms with van der Waals surface area (Å²) in [6, 6.07) is 11.1. The number of rotatable bonds is 26. The number of aromatic hydroxyl groups is 5. The van der Waals surface area contributed by atoms with Gasteiger partial charge in [0.15, 0.2) is 52.8 Å². The van der Waals surface area contributed by atoms with Gasteiger partial charge in [-0.2, -0.15) is 0 Å². The highest BCUT2D eigenvalue weighted by atomic mass is 16.8. The molecule has 0 aromatic heterocycles. The summed E-state index contributed by atoms with van der Waals surface area (Å²) in [5.74, 6) is -5.37. The summed E-state index contributed by atoms with van der Waals surface area (Å²) in [5.41, 5.74) is 0.390. The van der Waals surface area contributed by atoms with Gasteiger partial charge in [0.25, 0.3) is 11.9 Å². The second-order valence-corrected chi connectivity index (χ2v) is 24.9. The number of fused-ring (bicyclic) bond motifs is 1. The fraction of sp³-hybridized carbons (Fsp3) is 0.522. The molecule has 21 N–H and O–H groups in total. The standard InChI is InChI=1S/C67H82O39/c1-90-33-11-24(12-34(91-2)45(33)74)5-9-43(72)94-21-40-49(78)54(83)56(85)64(104-40)97-27-16-30(71)28-18-37(61(98-31(28)17-27)26-7-8-29(70)32(15-26)99-65-57(86)52(81)47(76)38(19-68)101-65)100-66-58(87)55(84)50(79)41(105-66)23-96-63-60(89)62(106-67-59(88)53(82)48(77)39(20-69)102-67)51(80)42(103-63)22-95-44(73)10-6-25-13-35(92-3)46(75)36(14-25)93-4/h5-18,38-42,47-71,74-89H,19-23H2,1-4H3/p+1.